The van der Waals surface area contributed by atoms with Crippen molar-refractivity contribution < 1.29 is 9.13 Å². The van der Waals surface area contributed by atoms with E-state index in [1.807, 2.05) is 26.0 Å². The third-order valence-corrected chi connectivity index (χ3v) is 2.88. The molecule has 0 amide bonds. The van der Waals surface area contributed by atoms with Gasteiger partial charge in [0.1, 0.15) is 11.6 Å². The van der Waals surface area contributed by atoms with Crippen molar-refractivity contribution >= 4 is 0 Å². The molecule has 0 saturated heterocycles. The van der Waals surface area contributed by atoms with Crippen molar-refractivity contribution in [2.24, 2.45) is 0 Å². The second-order valence-electron chi connectivity index (χ2n) is 4.37. The Balaban J connectivity index is 2.38. The molecule has 0 bridgehead atoms. The number of halogens is 1. The van der Waals surface area contributed by atoms with Gasteiger partial charge in [-0.05, 0) is 49.2 Å². The van der Waals surface area contributed by atoms with Crippen molar-refractivity contribution in [1.82, 2.24) is 0 Å². The molecule has 19 heavy (non-hydrogen) atoms. The molecule has 2 aromatic rings. The van der Waals surface area contributed by atoms with Gasteiger partial charge >= 0.3 is 0 Å². The molecule has 0 unspecified atom stereocenters. The summed E-state index contributed by atoms with van der Waals surface area (Å²) in [4.78, 5) is 0. The zero-order chi connectivity index (χ0) is 13.8. The number of benzene rings is 2. The molecule has 0 aliphatic heterocycles. The Morgan fingerprint density at radius 2 is 1.63 bits per heavy atom. The number of rotatable bonds is 1. The average molecular weight is 254 g/mol. The summed E-state index contributed by atoms with van der Waals surface area (Å²) in [5, 5.41) is 0. The van der Waals surface area contributed by atoms with Gasteiger partial charge in [-0.25, -0.2) is 4.39 Å². The van der Waals surface area contributed by atoms with E-state index in [2.05, 4.69) is 11.8 Å². The van der Waals surface area contributed by atoms with Crippen LogP contribution in [0.15, 0.2) is 36.4 Å². The lowest BCUT2D eigenvalue weighted by Crippen LogP contribution is -1.92. The number of methoxy groups -OCH3 is 1. The third-order valence-electron chi connectivity index (χ3n) is 2.88. The van der Waals surface area contributed by atoms with E-state index < -0.39 is 0 Å². The van der Waals surface area contributed by atoms with Crippen molar-refractivity contribution in [2.45, 2.75) is 13.8 Å². The van der Waals surface area contributed by atoms with Crippen LogP contribution in [0.25, 0.3) is 0 Å². The molecule has 0 saturated carbocycles. The highest BCUT2D eigenvalue weighted by atomic mass is 19.1. The van der Waals surface area contributed by atoms with Crippen LogP contribution in [0.5, 0.6) is 5.75 Å². The van der Waals surface area contributed by atoms with Gasteiger partial charge in [-0.2, -0.15) is 0 Å². The largest absolute Gasteiger partial charge is 0.496 e. The maximum atomic E-state index is 13.4. The predicted molar refractivity (Wildman–Crippen MR) is 74.8 cm³/mol. The highest BCUT2D eigenvalue weighted by Gasteiger charge is 2.03. The molecule has 0 aliphatic rings. The topological polar surface area (TPSA) is 9.23 Å². The fourth-order valence-corrected chi connectivity index (χ4v) is 2.05. The summed E-state index contributed by atoms with van der Waals surface area (Å²) < 4.78 is 18.8. The van der Waals surface area contributed by atoms with Gasteiger partial charge < -0.3 is 4.74 Å². The monoisotopic (exact) mass is 254 g/mol. The van der Waals surface area contributed by atoms with Crippen LogP contribution in [0.3, 0.4) is 0 Å². The standard InChI is InChI=1S/C17H15FO/c1-12-10-14(11-13(2)17(12)19-3)8-9-15-6-4-5-7-16(15)18/h4-7,10-11H,1-3H3. The molecule has 96 valence electrons. The van der Waals surface area contributed by atoms with Crippen LogP contribution in [0.4, 0.5) is 4.39 Å². The third kappa shape index (κ3) is 2.95. The van der Waals surface area contributed by atoms with Crippen LogP contribution < -0.4 is 4.74 Å². The maximum absolute atomic E-state index is 13.4. The van der Waals surface area contributed by atoms with Crippen LogP contribution >= 0.6 is 0 Å². The summed E-state index contributed by atoms with van der Waals surface area (Å²) >= 11 is 0. The molecule has 0 atom stereocenters. The van der Waals surface area contributed by atoms with Crippen LogP contribution in [-0.2, 0) is 0 Å². The lowest BCUT2D eigenvalue weighted by molar-refractivity contribution is 0.408. The van der Waals surface area contributed by atoms with E-state index in [4.69, 9.17) is 4.74 Å². The number of aryl methyl sites for hydroxylation is 2. The van der Waals surface area contributed by atoms with E-state index in [1.165, 1.54) is 6.07 Å². The highest BCUT2D eigenvalue weighted by Crippen LogP contribution is 2.23. The quantitative estimate of drug-likeness (QED) is 0.702. The van der Waals surface area contributed by atoms with E-state index in [0.29, 0.717) is 5.56 Å². The fraction of sp³-hybridized carbons (Fsp3) is 0.176. The minimum Gasteiger partial charge on any atom is -0.496 e. The summed E-state index contributed by atoms with van der Waals surface area (Å²) in [5.41, 5.74) is 3.33. The fourth-order valence-electron chi connectivity index (χ4n) is 2.05. The maximum Gasteiger partial charge on any atom is 0.138 e. The Morgan fingerprint density at radius 1 is 1.00 bits per heavy atom. The molecular formula is C17H15FO. The lowest BCUT2D eigenvalue weighted by Gasteiger charge is -2.08. The van der Waals surface area contributed by atoms with Crippen LogP contribution in [-0.4, -0.2) is 7.11 Å². The SMILES string of the molecule is COc1c(C)cc(C#Cc2ccccc2F)cc1C. The van der Waals surface area contributed by atoms with Gasteiger partial charge in [-0.3, -0.25) is 0 Å². The van der Waals surface area contributed by atoms with Crippen molar-refractivity contribution in [3.63, 3.8) is 0 Å². The van der Waals surface area contributed by atoms with Gasteiger partial charge in [0.25, 0.3) is 0 Å². The smallest absolute Gasteiger partial charge is 0.138 e. The molecular weight excluding hydrogens is 239 g/mol. The molecule has 0 aromatic heterocycles. The van der Waals surface area contributed by atoms with Gasteiger partial charge in [0.2, 0.25) is 0 Å². The molecule has 0 heterocycles. The van der Waals surface area contributed by atoms with Gasteiger partial charge in [-0.1, -0.05) is 24.0 Å². The molecule has 0 fully saturated rings. The molecule has 0 aliphatic carbocycles. The summed E-state index contributed by atoms with van der Waals surface area (Å²) in [6.07, 6.45) is 0. The Morgan fingerprint density at radius 3 is 2.21 bits per heavy atom. The number of hydrogen-bond acceptors (Lipinski definition) is 1. The van der Waals surface area contributed by atoms with Crippen LogP contribution in [0, 0.1) is 31.5 Å². The number of ether oxygens (including phenoxy) is 1. The second-order valence-corrected chi connectivity index (χ2v) is 4.37. The summed E-state index contributed by atoms with van der Waals surface area (Å²) in [7, 11) is 1.65. The van der Waals surface area contributed by atoms with E-state index in [1.54, 1.807) is 25.3 Å². The highest BCUT2D eigenvalue weighted by molar-refractivity contribution is 5.50. The molecule has 2 rings (SSSR count). The van der Waals surface area contributed by atoms with Gasteiger partial charge in [0, 0.05) is 5.56 Å². The van der Waals surface area contributed by atoms with Gasteiger partial charge in [0.05, 0.1) is 12.7 Å². The Hall–Kier alpha value is -2.27. The van der Waals surface area contributed by atoms with Crippen LogP contribution in [0.2, 0.25) is 0 Å². The Bertz CT molecular complexity index is 639. The molecule has 0 N–H and O–H groups in total. The zero-order valence-electron chi connectivity index (χ0n) is 11.3. The Labute approximate surface area is 113 Å². The summed E-state index contributed by atoms with van der Waals surface area (Å²) in [6, 6.07) is 10.4. The zero-order valence-corrected chi connectivity index (χ0v) is 11.3. The molecule has 2 heteroatoms. The van der Waals surface area contributed by atoms with Gasteiger partial charge in [0.15, 0.2) is 0 Å². The van der Waals surface area contributed by atoms with Crippen LogP contribution in [0.1, 0.15) is 22.3 Å². The first kappa shape index (κ1) is 13.2. The summed E-state index contributed by atoms with van der Waals surface area (Å²) in [6.45, 7) is 3.94. The average Bonchev–Trinajstić information content (AvgIpc) is 2.37. The molecule has 1 nitrogen and oxygen atoms in total. The summed E-state index contributed by atoms with van der Waals surface area (Å²) in [5.74, 6) is 6.42. The van der Waals surface area contributed by atoms with Gasteiger partial charge in [-0.15, -0.1) is 0 Å². The normalized spacial score (nSPS) is 9.68. The number of hydrogen-bond donors (Lipinski definition) is 0. The van der Waals surface area contributed by atoms with Crippen molar-refractivity contribution in [2.75, 3.05) is 7.11 Å². The minimum atomic E-state index is -0.294. The van der Waals surface area contributed by atoms with Crippen molar-refractivity contribution in [3.05, 3.63) is 64.5 Å². The lowest BCUT2D eigenvalue weighted by atomic mass is 10.1. The van der Waals surface area contributed by atoms with E-state index in [0.717, 1.165) is 22.4 Å². The molecule has 0 spiro atoms. The van der Waals surface area contributed by atoms with E-state index in [9.17, 15) is 4.39 Å². The van der Waals surface area contributed by atoms with E-state index in [-0.39, 0.29) is 5.82 Å². The molecule has 0 radical (unpaired) electrons. The van der Waals surface area contributed by atoms with E-state index >= 15 is 0 Å². The predicted octanol–water partition coefficient (Wildman–Crippen LogP) is 3.85. The first-order valence-electron chi connectivity index (χ1n) is 6.03. The molecule has 2 aromatic carbocycles. The minimum absolute atomic E-state index is 0.294. The van der Waals surface area contributed by atoms with Crippen molar-refractivity contribution in [3.8, 4) is 17.6 Å². The van der Waals surface area contributed by atoms with Crippen molar-refractivity contribution in [1.29, 1.82) is 0 Å². The second kappa shape index (κ2) is 5.58. The Kier molecular flexibility index (Phi) is 3.87. The first-order chi connectivity index (χ1) is 9.11. The first-order valence-corrected chi connectivity index (χ1v) is 6.03.